The second-order valence-corrected chi connectivity index (χ2v) is 7.33. The van der Waals surface area contributed by atoms with Gasteiger partial charge in [0.15, 0.2) is 11.5 Å². The first kappa shape index (κ1) is 22.1. The summed E-state index contributed by atoms with van der Waals surface area (Å²) in [4.78, 5) is 42.4. The van der Waals surface area contributed by atoms with Crippen molar-refractivity contribution in [3.05, 3.63) is 68.4 Å². The number of hydrogen-bond acceptors (Lipinski definition) is 6. The van der Waals surface area contributed by atoms with E-state index in [0.717, 1.165) is 16.7 Å². The molecule has 0 atom stereocenters. The molecule has 31 heavy (non-hydrogen) atoms. The Balaban J connectivity index is 1.85. The molecule has 3 aromatic rings. The Labute approximate surface area is 179 Å². The van der Waals surface area contributed by atoms with Gasteiger partial charge in [-0.15, -0.1) is 0 Å². The average molecular weight is 426 g/mol. The van der Waals surface area contributed by atoms with Crippen molar-refractivity contribution in [2.45, 2.75) is 6.54 Å². The molecule has 3 rings (SSSR count). The van der Waals surface area contributed by atoms with Gasteiger partial charge in [0.25, 0.3) is 11.5 Å². The number of fused-ring (bicyclic) bond motifs is 1. The summed E-state index contributed by atoms with van der Waals surface area (Å²) in [6.07, 6.45) is 0. The van der Waals surface area contributed by atoms with Crippen LogP contribution < -0.4 is 26.0 Å². The lowest BCUT2D eigenvalue weighted by atomic mass is 10.1. The zero-order valence-electron chi connectivity index (χ0n) is 18.0. The fourth-order valence-electron chi connectivity index (χ4n) is 3.16. The summed E-state index contributed by atoms with van der Waals surface area (Å²) in [6, 6.07) is 9.91. The van der Waals surface area contributed by atoms with Gasteiger partial charge in [0.1, 0.15) is 0 Å². The molecule has 0 aliphatic carbocycles. The van der Waals surface area contributed by atoms with Crippen molar-refractivity contribution in [2.75, 3.05) is 41.4 Å². The van der Waals surface area contributed by atoms with Gasteiger partial charge in [0, 0.05) is 24.7 Å². The van der Waals surface area contributed by atoms with Crippen molar-refractivity contribution in [1.29, 1.82) is 0 Å². The van der Waals surface area contributed by atoms with Crippen molar-refractivity contribution in [2.24, 2.45) is 0 Å². The predicted octanol–water partition coefficient (Wildman–Crippen LogP) is 1.05. The molecule has 0 spiro atoms. The van der Waals surface area contributed by atoms with Crippen molar-refractivity contribution in [3.63, 3.8) is 0 Å². The molecule has 0 bridgehead atoms. The number of likely N-dealkylation sites (N-methyl/N-ethyl adjacent to an activating group) is 1. The van der Waals surface area contributed by atoms with Gasteiger partial charge in [-0.25, -0.2) is 4.79 Å². The molecule has 0 fully saturated rings. The van der Waals surface area contributed by atoms with Crippen LogP contribution in [0.4, 0.5) is 0 Å². The molecule has 164 valence electrons. The molecule has 9 heteroatoms. The SMILES string of the molecule is COc1cc2[nH]c(=O)n(Cc3ccc(C(=O)NCCN(C)C)cc3)c(=O)c2cc1OC. The van der Waals surface area contributed by atoms with E-state index >= 15 is 0 Å². The quantitative estimate of drug-likeness (QED) is 0.558. The molecule has 0 saturated carbocycles. The highest BCUT2D eigenvalue weighted by atomic mass is 16.5. The lowest BCUT2D eigenvalue weighted by Gasteiger charge is -2.12. The Kier molecular flexibility index (Phi) is 6.76. The van der Waals surface area contributed by atoms with Crippen molar-refractivity contribution in [1.82, 2.24) is 19.8 Å². The first-order valence-corrected chi connectivity index (χ1v) is 9.74. The summed E-state index contributed by atoms with van der Waals surface area (Å²) in [6.45, 7) is 1.36. The van der Waals surface area contributed by atoms with Crippen molar-refractivity contribution < 1.29 is 14.3 Å². The first-order valence-electron chi connectivity index (χ1n) is 9.74. The van der Waals surface area contributed by atoms with Crippen LogP contribution in [-0.4, -0.2) is 61.8 Å². The van der Waals surface area contributed by atoms with Gasteiger partial charge in [-0.2, -0.15) is 0 Å². The lowest BCUT2D eigenvalue weighted by molar-refractivity contribution is 0.0951. The number of carbonyl (C=O) groups is 1. The van der Waals surface area contributed by atoms with E-state index < -0.39 is 11.2 Å². The normalized spacial score (nSPS) is 11.0. The highest BCUT2D eigenvalue weighted by Crippen LogP contribution is 2.29. The Morgan fingerprint density at radius 1 is 1.06 bits per heavy atom. The monoisotopic (exact) mass is 426 g/mol. The molecule has 0 radical (unpaired) electrons. The van der Waals surface area contributed by atoms with Crippen molar-refractivity contribution >= 4 is 16.8 Å². The lowest BCUT2D eigenvalue weighted by Crippen LogP contribution is -2.35. The Morgan fingerprint density at radius 3 is 2.32 bits per heavy atom. The number of benzene rings is 2. The Morgan fingerprint density at radius 2 is 1.71 bits per heavy atom. The maximum Gasteiger partial charge on any atom is 0.329 e. The summed E-state index contributed by atoms with van der Waals surface area (Å²) >= 11 is 0. The van der Waals surface area contributed by atoms with E-state index in [0.29, 0.717) is 34.5 Å². The minimum Gasteiger partial charge on any atom is -0.493 e. The van der Waals surface area contributed by atoms with Crippen LogP contribution in [0.3, 0.4) is 0 Å². The number of aromatic amines is 1. The highest BCUT2D eigenvalue weighted by Gasteiger charge is 2.13. The summed E-state index contributed by atoms with van der Waals surface area (Å²) < 4.78 is 11.6. The van der Waals surface area contributed by atoms with Crippen LogP contribution in [0.2, 0.25) is 0 Å². The van der Waals surface area contributed by atoms with E-state index in [1.165, 1.54) is 14.2 Å². The summed E-state index contributed by atoms with van der Waals surface area (Å²) in [5.74, 6) is 0.646. The highest BCUT2D eigenvalue weighted by molar-refractivity contribution is 5.94. The van der Waals surface area contributed by atoms with Crippen LogP contribution >= 0.6 is 0 Å². The van der Waals surface area contributed by atoms with E-state index in [-0.39, 0.29) is 12.5 Å². The minimum atomic E-state index is -0.532. The second-order valence-electron chi connectivity index (χ2n) is 7.33. The second kappa shape index (κ2) is 9.48. The Hall–Kier alpha value is -3.59. The maximum atomic E-state index is 12.9. The number of rotatable bonds is 8. The number of H-pyrrole nitrogens is 1. The predicted molar refractivity (Wildman–Crippen MR) is 118 cm³/mol. The third-order valence-electron chi connectivity index (χ3n) is 4.89. The van der Waals surface area contributed by atoms with E-state index in [4.69, 9.17) is 9.47 Å². The van der Waals surface area contributed by atoms with Gasteiger partial charge in [-0.05, 0) is 37.9 Å². The third-order valence-corrected chi connectivity index (χ3v) is 4.89. The van der Waals surface area contributed by atoms with Gasteiger partial charge in [0.2, 0.25) is 0 Å². The summed E-state index contributed by atoms with van der Waals surface area (Å²) in [5, 5.41) is 3.16. The van der Waals surface area contributed by atoms with Crippen LogP contribution in [-0.2, 0) is 6.54 Å². The Bertz CT molecular complexity index is 1200. The van der Waals surface area contributed by atoms with Gasteiger partial charge in [-0.1, -0.05) is 12.1 Å². The van der Waals surface area contributed by atoms with Crippen molar-refractivity contribution in [3.8, 4) is 11.5 Å². The number of methoxy groups -OCH3 is 2. The molecule has 1 heterocycles. The third kappa shape index (κ3) is 4.95. The fraction of sp³-hybridized carbons (Fsp3) is 0.318. The number of ether oxygens (including phenoxy) is 2. The molecule has 1 amide bonds. The van der Waals surface area contributed by atoms with Crippen LogP contribution in [0.15, 0.2) is 46.0 Å². The number of nitrogens with zero attached hydrogens (tertiary/aromatic N) is 2. The van der Waals surface area contributed by atoms with Gasteiger partial charge >= 0.3 is 5.69 Å². The molecule has 0 aliphatic rings. The van der Waals surface area contributed by atoms with Crippen LogP contribution in [0.1, 0.15) is 15.9 Å². The minimum absolute atomic E-state index is 0.0704. The molecule has 9 nitrogen and oxygen atoms in total. The molecule has 0 saturated heterocycles. The van der Waals surface area contributed by atoms with E-state index in [1.807, 2.05) is 19.0 Å². The maximum absolute atomic E-state index is 12.9. The van der Waals surface area contributed by atoms with Crippen LogP contribution in [0.25, 0.3) is 10.9 Å². The number of hydrogen-bond donors (Lipinski definition) is 2. The van der Waals surface area contributed by atoms with E-state index in [1.54, 1.807) is 36.4 Å². The molecule has 2 aromatic carbocycles. The summed E-state index contributed by atoms with van der Waals surface area (Å²) in [5.41, 5.74) is 0.630. The molecule has 2 N–H and O–H groups in total. The van der Waals surface area contributed by atoms with Gasteiger partial charge in [0.05, 0.1) is 31.7 Å². The zero-order valence-corrected chi connectivity index (χ0v) is 18.0. The number of nitrogens with one attached hydrogen (secondary N) is 2. The number of aromatic nitrogens is 2. The van der Waals surface area contributed by atoms with E-state index in [2.05, 4.69) is 10.3 Å². The smallest absolute Gasteiger partial charge is 0.329 e. The molecule has 0 aliphatic heterocycles. The van der Waals surface area contributed by atoms with Gasteiger partial charge < -0.3 is 24.7 Å². The molecule has 0 unspecified atom stereocenters. The number of carbonyl (C=O) groups excluding carboxylic acids is 1. The first-order chi connectivity index (χ1) is 14.8. The van der Waals surface area contributed by atoms with E-state index in [9.17, 15) is 14.4 Å². The molecule has 1 aromatic heterocycles. The zero-order chi connectivity index (χ0) is 22.5. The standard InChI is InChI=1S/C22H26N4O5/c1-25(2)10-9-23-20(27)15-7-5-14(6-8-15)13-26-21(28)16-11-18(30-3)19(31-4)12-17(16)24-22(26)29/h5-8,11-12H,9-10,13H2,1-4H3,(H,23,27)(H,24,29). The molecular weight excluding hydrogens is 400 g/mol. The molecular formula is C22H26N4O5. The average Bonchev–Trinajstić information content (AvgIpc) is 2.75. The van der Waals surface area contributed by atoms with Gasteiger partial charge in [-0.3, -0.25) is 14.2 Å². The summed E-state index contributed by atoms with van der Waals surface area (Å²) in [7, 11) is 6.83. The number of amides is 1. The van der Waals surface area contributed by atoms with Crippen LogP contribution in [0, 0.1) is 0 Å². The largest absolute Gasteiger partial charge is 0.493 e. The fourth-order valence-corrected chi connectivity index (χ4v) is 3.16. The van der Waals surface area contributed by atoms with Crippen LogP contribution in [0.5, 0.6) is 11.5 Å². The topological polar surface area (TPSA) is 106 Å².